The van der Waals surface area contributed by atoms with Gasteiger partial charge in [-0.1, -0.05) is 11.6 Å². The average molecular weight is 278 g/mol. The topological polar surface area (TPSA) is 41.8 Å². The smallest absolute Gasteiger partial charge is 0.162 e. The van der Waals surface area contributed by atoms with Crippen molar-refractivity contribution in [2.24, 2.45) is 5.73 Å². The van der Waals surface area contributed by atoms with Crippen molar-refractivity contribution in [2.75, 3.05) is 0 Å². The molecule has 1 aromatic heterocycles. The monoisotopic (exact) mass is 276 g/mol. The predicted octanol–water partition coefficient (Wildman–Crippen LogP) is 3.18. The van der Waals surface area contributed by atoms with Crippen molar-refractivity contribution in [3.05, 3.63) is 33.1 Å². The molecular weight excluding hydrogens is 270 g/mol. The van der Waals surface area contributed by atoms with E-state index in [2.05, 4.69) is 20.9 Å². The fourth-order valence-corrected chi connectivity index (χ4v) is 1.86. The first kappa shape index (κ1) is 9.96. The summed E-state index contributed by atoms with van der Waals surface area (Å²) < 4.78 is 13.9. The summed E-state index contributed by atoms with van der Waals surface area (Å²) in [6.07, 6.45) is 0. The van der Waals surface area contributed by atoms with Crippen LogP contribution in [0.15, 0.2) is 16.6 Å². The van der Waals surface area contributed by atoms with Crippen LogP contribution in [0, 0.1) is 5.82 Å². The van der Waals surface area contributed by atoms with E-state index >= 15 is 0 Å². The Bertz CT molecular complexity index is 495. The molecule has 14 heavy (non-hydrogen) atoms. The fourth-order valence-electron chi connectivity index (χ4n) is 1.35. The van der Waals surface area contributed by atoms with Gasteiger partial charge in [0.2, 0.25) is 0 Å². The zero-order valence-electron chi connectivity index (χ0n) is 7.07. The second-order valence-electron chi connectivity index (χ2n) is 2.95. The highest BCUT2D eigenvalue weighted by atomic mass is 79.9. The molecule has 1 heterocycles. The van der Waals surface area contributed by atoms with Gasteiger partial charge in [0, 0.05) is 17.6 Å². The standard InChI is InChI=1S/C9H7BrClFN2/c10-7-6(11)2-4-1-5(3-13)14-9(4)8(7)12/h1-2,14H,3,13H2. The van der Waals surface area contributed by atoms with E-state index in [1.54, 1.807) is 12.1 Å². The molecule has 0 saturated carbocycles. The normalized spacial score (nSPS) is 11.1. The molecule has 5 heteroatoms. The molecule has 0 saturated heterocycles. The minimum Gasteiger partial charge on any atom is -0.355 e. The number of nitrogens with two attached hydrogens (primary N) is 1. The van der Waals surface area contributed by atoms with Crippen LogP contribution in [0.1, 0.15) is 5.69 Å². The number of benzene rings is 1. The maximum absolute atomic E-state index is 13.6. The van der Waals surface area contributed by atoms with E-state index in [-0.39, 0.29) is 10.3 Å². The SMILES string of the molecule is NCc1cc2cc(Cl)c(Br)c(F)c2[nH]1. The molecule has 2 aromatic rings. The van der Waals surface area contributed by atoms with Gasteiger partial charge in [0.15, 0.2) is 5.82 Å². The third-order valence-electron chi connectivity index (χ3n) is 2.03. The van der Waals surface area contributed by atoms with E-state index in [1.165, 1.54) is 0 Å². The third kappa shape index (κ3) is 1.43. The maximum Gasteiger partial charge on any atom is 0.162 e. The minimum absolute atomic E-state index is 0.275. The molecule has 0 spiro atoms. The lowest BCUT2D eigenvalue weighted by Gasteiger charge is -1.98. The zero-order chi connectivity index (χ0) is 10.3. The van der Waals surface area contributed by atoms with Gasteiger partial charge in [-0.3, -0.25) is 0 Å². The quantitative estimate of drug-likeness (QED) is 0.772. The Balaban J connectivity index is 2.81. The van der Waals surface area contributed by atoms with Gasteiger partial charge in [-0.2, -0.15) is 0 Å². The molecular formula is C9H7BrClFN2. The van der Waals surface area contributed by atoms with Crippen molar-refractivity contribution in [1.82, 2.24) is 4.98 Å². The Kier molecular flexibility index (Phi) is 2.51. The molecule has 0 aliphatic rings. The lowest BCUT2D eigenvalue weighted by molar-refractivity contribution is 0.630. The van der Waals surface area contributed by atoms with Gasteiger partial charge in [0.05, 0.1) is 15.0 Å². The van der Waals surface area contributed by atoms with Gasteiger partial charge < -0.3 is 10.7 Å². The van der Waals surface area contributed by atoms with Crippen LogP contribution < -0.4 is 5.73 Å². The summed E-state index contributed by atoms with van der Waals surface area (Å²) in [5, 5.41) is 1.09. The molecule has 2 rings (SSSR count). The molecule has 0 atom stereocenters. The molecule has 0 amide bonds. The minimum atomic E-state index is -0.382. The second kappa shape index (κ2) is 3.53. The summed E-state index contributed by atoms with van der Waals surface area (Å²) >= 11 is 8.89. The van der Waals surface area contributed by atoms with Crippen LogP contribution >= 0.6 is 27.5 Å². The van der Waals surface area contributed by atoms with Crippen molar-refractivity contribution in [3.8, 4) is 0 Å². The van der Waals surface area contributed by atoms with Crippen LogP contribution in [-0.4, -0.2) is 4.98 Å². The van der Waals surface area contributed by atoms with E-state index in [0.717, 1.165) is 11.1 Å². The van der Waals surface area contributed by atoms with Crippen LogP contribution in [0.5, 0.6) is 0 Å². The Labute approximate surface area is 93.4 Å². The summed E-state index contributed by atoms with van der Waals surface area (Å²) in [4.78, 5) is 2.89. The summed E-state index contributed by atoms with van der Waals surface area (Å²) in [5.74, 6) is -0.382. The molecule has 0 bridgehead atoms. The number of halogens is 3. The molecule has 3 N–H and O–H groups in total. The predicted molar refractivity (Wildman–Crippen MR) is 58.9 cm³/mol. The Morgan fingerprint density at radius 2 is 2.21 bits per heavy atom. The lowest BCUT2D eigenvalue weighted by Crippen LogP contribution is -1.95. The third-order valence-corrected chi connectivity index (χ3v) is 3.33. The van der Waals surface area contributed by atoms with Crippen LogP contribution in [0.25, 0.3) is 10.9 Å². The molecule has 0 aliphatic carbocycles. The van der Waals surface area contributed by atoms with Crippen LogP contribution in [0.3, 0.4) is 0 Å². The number of hydrogen-bond donors (Lipinski definition) is 2. The molecule has 0 unspecified atom stereocenters. The van der Waals surface area contributed by atoms with Gasteiger partial charge in [-0.15, -0.1) is 0 Å². The van der Waals surface area contributed by atoms with E-state index in [4.69, 9.17) is 17.3 Å². The first-order valence-corrected chi connectivity index (χ1v) is 5.15. The lowest BCUT2D eigenvalue weighted by atomic mass is 10.2. The highest BCUT2D eigenvalue weighted by Gasteiger charge is 2.11. The van der Waals surface area contributed by atoms with Gasteiger partial charge in [-0.25, -0.2) is 4.39 Å². The largest absolute Gasteiger partial charge is 0.355 e. The number of rotatable bonds is 1. The Morgan fingerprint density at radius 1 is 1.50 bits per heavy atom. The molecule has 2 nitrogen and oxygen atoms in total. The molecule has 1 aromatic carbocycles. The second-order valence-corrected chi connectivity index (χ2v) is 4.15. The summed E-state index contributed by atoms with van der Waals surface area (Å²) in [7, 11) is 0. The van der Waals surface area contributed by atoms with Crippen molar-refractivity contribution >= 4 is 38.4 Å². The van der Waals surface area contributed by atoms with E-state index in [0.29, 0.717) is 17.1 Å². The zero-order valence-corrected chi connectivity index (χ0v) is 9.41. The summed E-state index contributed by atoms with van der Waals surface area (Å²) in [6, 6.07) is 3.48. The number of aromatic amines is 1. The van der Waals surface area contributed by atoms with Crippen molar-refractivity contribution in [3.63, 3.8) is 0 Å². The number of hydrogen-bond acceptors (Lipinski definition) is 1. The fraction of sp³-hybridized carbons (Fsp3) is 0.111. The van der Waals surface area contributed by atoms with E-state index in [1.807, 2.05) is 0 Å². The van der Waals surface area contributed by atoms with Crippen LogP contribution in [0.2, 0.25) is 5.02 Å². The summed E-state index contributed by atoms with van der Waals surface area (Å²) in [6.45, 7) is 0.351. The molecule has 74 valence electrons. The van der Waals surface area contributed by atoms with Crippen molar-refractivity contribution in [1.29, 1.82) is 0 Å². The summed E-state index contributed by atoms with van der Waals surface area (Å²) in [5.41, 5.74) is 6.66. The van der Waals surface area contributed by atoms with Gasteiger partial charge in [-0.05, 0) is 28.1 Å². The Morgan fingerprint density at radius 3 is 2.86 bits per heavy atom. The highest BCUT2D eigenvalue weighted by Crippen LogP contribution is 2.32. The van der Waals surface area contributed by atoms with Gasteiger partial charge in [0.25, 0.3) is 0 Å². The number of H-pyrrole nitrogens is 1. The van der Waals surface area contributed by atoms with Crippen molar-refractivity contribution < 1.29 is 4.39 Å². The molecule has 0 radical (unpaired) electrons. The molecule has 0 fully saturated rings. The number of aromatic nitrogens is 1. The number of fused-ring (bicyclic) bond motifs is 1. The van der Waals surface area contributed by atoms with Gasteiger partial charge in [0.1, 0.15) is 0 Å². The Hall–Kier alpha value is -0.580. The first-order chi connectivity index (χ1) is 6.63. The average Bonchev–Trinajstić information content (AvgIpc) is 2.57. The van der Waals surface area contributed by atoms with Crippen LogP contribution in [0.4, 0.5) is 4.39 Å². The maximum atomic E-state index is 13.6. The van der Waals surface area contributed by atoms with E-state index < -0.39 is 0 Å². The molecule has 0 aliphatic heterocycles. The van der Waals surface area contributed by atoms with Crippen molar-refractivity contribution in [2.45, 2.75) is 6.54 Å². The number of nitrogens with one attached hydrogen (secondary N) is 1. The van der Waals surface area contributed by atoms with Gasteiger partial charge >= 0.3 is 0 Å². The highest BCUT2D eigenvalue weighted by molar-refractivity contribution is 9.10. The first-order valence-electron chi connectivity index (χ1n) is 3.98. The van der Waals surface area contributed by atoms with Crippen LogP contribution in [-0.2, 0) is 6.54 Å². The van der Waals surface area contributed by atoms with E-state index in [9.17, 15) is 4.39 Å².